The maximum atomic E-state index is 13.7. The second kappa shape index (κ2) is 10.7. The van der Waals surface area contributed by atoms with Gasteiger partial charge in [0.25, 0.3) is 0 Å². The van der Waals surface area contributed by atoms with Crippen LogP contribution in [0.5, 0.6) is 0 Å². The predicted molar refractivity (Wildman–Crippen MR) is 137 cm³/mol. The Bertz CT molecular complexity index is 1420. The molecule has 184 valence electrons. The molecule has 0 aliphatic heterocycles. The Morgan fingerprint density at radius 2 is 1.69 bits per heavy atom. The van der Waals surface area contributed by atoms with Crippen molar-refractivity contribution in [1.82, 2.24) is 9.61 Å². The molecule has 0 fully saturated rings. The van der Waals surface area contributed by atoms with E-state index in [0.717, 1.165) is 27.9 Å². The van der Waals surface area contributed by atoms with Crippen LogP contribution >= 0.6 is 0 Å². The van der Waals surface area contributed by atoms with Gasteiger partial charge < -0.3 is 10.2 Å². The molecule has 36 heavy (non-hydrogen) atoms. The highest BCUT2D eigenvalue weighted by atomic mass is 19.1. The molecule has 6 nitrogen and oxygen atoms in total. The summed E-state index contributed by atoms with van der Waals surface area (Å²) in [4.78, 5) is 22.6. The first-order valence-electron chi connectivity index (χ1n) is 11.7. The zero-order chi connectivity index (χ0) is 25.8. The van der Waals surface area contributed by atoms with E-state index in [2.05, 4.69) is 13.8 Å². The van der Waals surface area contributed by atoms with Crippen LogP contribution in [-0.2, 0) is 9.59 Å². The molecule has 0 bridgehead atoms. The third-order valence-electron chi connectivity index (χ3n) is 5.91. The number of carbonyl (C=O) groups is 2. The predicted octanol–water partition coefficient (Wildman–Crippen LogP) is 5.74. The van der Waals surface area contributed by atoms with Gasteiger partial charge in [0.15, 0.2) is 0 Å². The molecule has 4 rings (SSSR count). The lowest BCUT2D eigenvalue weighted by atomic mass is 9.93. The second-order valence-corrected chi connectivity index (χ2v) is 8.96. The maximum absolute atomic E-state index is 13.7. The highest BCUT2D eigenvalue weighted by Crippen LogP contribution is 2.35. The number of aromatic nitrogens is 2. The van der Waals surface area contributed by atoms with Crippen LogP contribution in [0.4, 0.5) is 4.39 Å². The number of hydrogen-bond donors (Lipinski definition) is 2. The lowest BCUT2D eigenvalue weighted by Crippen LogP contribution is -2.14. The molecule has 0 aliphatic rings. The van der Waals surface area contributed by atoms with Crippen molar-refractivity contribution in [2.75, 3.05) is 0 Å². The summed E-state index contributed by atoms with van der Waals surface area (Å²) in [7, 11) is 0. The zero-order valence-corrected chi connectivity index (χ0v) is 20.1. The van der Waals surface area contributed by atoms with E-state index in [-0.39, 0.29) is 18.2 Å². The van der Waals surface area contributed by atoms with Crippen LogP contribution in [0.15, 0.2) is 72.8 Å². The minimum Gasteiger partial charge on any atom is -0.481 e. The molecule has 1 unspecified atom stereocenters. The maximum Gasteiger partial charge on any atom is 0.310 e. The van der Waals surface area contributed by atoms with Gasteiger partial charge in [0.2, 0.25) is 0 Å². The van der Waals surface area contributed by atoms with Crippen molar-refractivity contribution in [3.63, 3.8) is 0 Å². The highest BCUT2D eigenvalue weighted by Gasteiger charge is 2.20. The Kier molecular flexibility index (Phi) is 7.41. The Morgan fingerprint density at radius 1 is 1.00 bits per heavy atom. The number of ketones is 1. The summed E-state index contributed by atoms with van der Waals surface area (Å²) in [6.45, 7) is 4.12. The van der Waals surface area contributed by atoms with E-state index in [1.54, 1.807) is 18.2 Å². The number of carboxylic acids is 1. The number of aliphatic carboxylic acids is 1. The molecule has 0 saturated heterocycles. The largest absolute Gasteiger partial charge is 0.481 e. The van der Waals surface area contributed by atoms with Crippen molar-refractivity contribution in [1.29, 1.82) is 0 Å². The van der Waals surface area contributed by atoms with Crippen molar-refractivity contribution in [2.24, 2.45) is 0 Å². The number of carboxylic acid groups (broad SMARTS) is 1. The summed E-state index contributed by atoms with van der Waals surface area (Å²) in [5, 5.41) is 24.2. The normalized spacial score (nSPS) is 12.5. The van der Waals surface area contributed by atoms with Crippen LogP contribution in [0, 0.1) is 5.82 Å². The fourth-order valence-electron chi connectivity index (χ4n) is 4.33. The first-order chi connectivity index (χ1) is 17.2. The number of carbonyl (C=O) groups excluding carboxylic acids is 1. The number of fused-ring (bicyclic) bond motifs is 1. The standard InChI is InChI=1S/C29H27FN2O4/c1-18(2)28-24(13-12-22(33)16-23(34)17-27(35)36)29(20-8-10-21(30)11-9-20)31-32-25(14-15-26(28)32)19-6-4-3-5-7-19/h3-15,18,22,33H,16-17H2,1-2H3,(H,35,36). The summed E-state index contributed by atoms with van der Waals surface area (Å²) < 4.78 is 15.6. The molecule has 0 radical (unpaired) electrons. The van der Waals surface area contributed by atoms with Gasteiger partial charge in [0.05, 0.1) is 23.0 Å². The summed E-state index contributed by atoms with van der Waals surface area (Å²) in [6, 6.07) is 20.0. The minimum absolute atomic E-state index is 0.0682. The van der Waals surface area contributed by atoms with E-state index in [1.165, 1.54) is 18.2 Å². The fourth-order valence-corrected chi connectivity index (χ4v) is 4.33. The minimum atomic E-state index is -1.23. The molecule has 0 spiro atoms. The van der Waals surface area contributed by atoms with Crippen LogP contribution in [0.1, 0.15) is 43.7 Å². The summed E-state index contributed by atoms with van der Waals surface area (Å²) in [6.07, 6.45) is 1.11. The lowest BCUT2D eigenvalue weighted by Gasteiger charge is -2.18. The Morgan fingerprint density at radius 3 is 2.33 bits per heavy atom. The van der Waals surface area contributed by atoms with Crippen LogP contribution < -0.4 is 0 Å². The zero-order valence-electron chi connectivity index (χ0n) is 20.1. The average molecular weight is 487 g/mol. The smallest absolute Gasteiger partial charge is 0.310 e. The SMILES string of the molecule is CC(C)c1c(C=CC(O)CC(=O)CC(=O)O)c(-c2ccc(F)cc2)nn2c(-c3ccccc3)ccc12. The van der Waals surface area contributed by atoms with Gasteiger partial charge in [0.1, 0.15) is 18.0 Å². The number of Topliss-reactive ketones (excluding diaryl/α,β-unsaturated/α-hetero) is 1. The van der Waals surface area contributed by atoms with Crippen molar-refractivity contribution in [3.05, 3.63) is 89.8 Å². The number of aliphatic hydroxyl groups excluding tert-OH is 1. The third-order valence-corrected chi connectivity index (χ3v) is 5.91. The van der Waals surface area contributed by atoms with Crippen molar-refractivity contribution in [2.45, 2.75) is 38.7 Å². The van der Waals surface area contributed by atoms with Gasteiger partial charge in [-0.2, -0.15) is 5.10 Å². The molecule has 2 heterocycles. The molecular weight excluding hydrogens is 459 g/mol. The van der Waals surface area contributed by atoms with E-state index in [9.17, 15) is 19.1 Å². The van der Waals surface area contributed by atoms with Crippen molar-refractivity contribution >= 4 is 23.3 Å². The summed E-state index contributed by atoms with van der Waals surface area (Å²) in [5.74, 6) is -2.08. The van der Waals surface area contributed by atoms with Gasteiger partial charge >= 0.3 is 5.97 Å². The Balaban J connectivity index is 1.89. The molecule has 2 aromatic heterocycles. The fraction of sp³-hybridized carbons (Fsp3) is 0.207. The summed E-state index contributed by atoms with van der Waals surface area (Å²) in [5.41, 5.74) is 5.82. The Labute approximate surface area is 208 Å². The molecule has 1 atom stereocenters. The third kappa shape index (κ3) is 5.42. The van der Waals surface area contributed by atoms with Crippen LogP contribution in [0.2, 0.25) is 0 Å². The first-order valence-corrected chi connectivity index (χ1v) is 11.7. The van der Waals surface area contributed by atoms with Gasteiger partial charge in [-0.3, -0.25) is 9.59 Å². The topological polar surface area (TPSA) is 91.9 Å². The van der Waals surface area contributed by atoms with Gasteiger partial charge in [-0.15, -0.1) is 0 Å². The second-order valence-electron chi connectivity index (χ2n) is 8.96. The van der Waals surface area contributed by atoms with Gasteiger partial charge in [-0.1, -0.05) is 56.3 Å². The van der Waals surface area contributed by atoms with E-state index in [1.807, 2.05) is 47.0 Å². The van der Waals surface area contributed by atoms with Gasteiger partial charge in [-0.25, -0.2) is 8.91 Å². The number of nitrogens with zero attached hydrogens (tertiary/aromatic N) is 2. The van der Waals surface area contributed by atoms with Crippen LogP contribution in [0.25, 0.3) is 34.1 Å². The van der Waals surface area contributed by atoms with Crippen molar-refractivity contribution in [3.8, 4) is 22.5 Å². The molecule has 4 aromatic rings. The molecule has 0 aliphatic carbocycles. The monoisotopic (exact) mass is 486 g/mol. The van der Waals surface area contributed by atoms with Crippen molar-refractivity contribution < 1.29 is 24.2 Å². The molecule has 2 N–H and O–H groups in total. The molecule has 0 saturated carbocycles. The van der Waals surface area contributed by atoms with Crippen LogP contribution in [0.3, 0.4) is 0 Å². The first kappa shape index (κ1) is 25.0. The highest BCUT2D eigenvalue weighted by molar-refractivity contribution is 5.95. The number of halogens is 1. The Hall–Kier alpha value is -4.10. The number of rotatable bonds is 9. The summed E-state index contributed by atoms with van der Waals surface area (Å²) >= 11 is 0. The molecule has 0 amide bonds. The molecular formula is C29H27FN2O4. The van der Waals surface area contributed by atoms with Crippen LogP contribution in [-0.4, -0.2) is 37.7 Å². The van der Waals surface area contributed by atoms with Gasteiger partial charge in [-0.05, 0) is 47.9 Å². The number of benzene rings is 2. The number of aliphatic hydroxyl groups is 1. The quantitative estimate of drug-likeness (QED) is 0.295. The van der Waals surface area contributed by atoms with Gasteiger partial charge in [0, 0.05) is 23.1 Å². The molecule has 7 heteroatoms. The average Bonchev–Trinajstić information content (AvgIpc) is 3.25. The van der Waals surface area contributed by atoms with E-state index >= 15 is 0 Å². The lowest BCUT2D eigenvalue weighted by molar-refractivity contribution is -0.140. The van der Waals surface area contributed by atoms with E-state index in [4.69, 9.17) is 10.2 Å². The molecule has 2 aromatic carbocycles. The number of hydrogen-bond acceptors (Lipinski definition) is 4. The van der Waals surface area contributed by atoms with E-state index in [0.29, 0.717) is 11.3 Å². The van der Waals surface area contributed by atoms with E-state index < -0.39 is 24.3 Å².